The quantitative estimate of drug-likeness (QED) is 0.120. The molecule has 1 amide bonds. The number of aromatic nitrogens is 6. The van der Waals surface area contributed by atoms with Crippen LogP contribution in [0.4, 0.5) is 26.3 Å². The average Bonchev–Trinajstić information content (AvgIpc) is 3.66. The lowest BCUT2D eigenvalue weighted by molar-refractivity contribution is -0.594. The summed E-state index contributed by atoms with van der Waals surface area (Å²) in [5.74, 6) is -1.79. The molecule has 0 saturated heterocycles. The van der Waals surface area contributed by atoms with Crippen molar-refractivity contribution in [3.05, 3.63) is 106 Å². The number of alkyl halides is 5. The molecule has 234 valence electrons. The number of halogens is 7. The van der Waals surface area contributed by atoms with Gasteiger partial charge in [0.05, 0.1) is 41.9 Å². The van der Waals surface area contributed by atoms with Crippen LogP contribution in [0.25, 0.3) is 28.1 Å². The van der Waals surface area contributed by atoms with Crippen molar-refractivity contribution in [2.24, 2.45) is 5.73 Å². The molecule has 0 bridgehead atoms. The van der Waals surface area contributed by atoms with Gasteiger partial charge in [0.15, 0.2) is 11.9 Å². The van der Waals surface area contributed by atoms with E-state index in [0.29, 0.717) is 27.6 Å². The first kappa shape index (κ1) is 31.5. The maximum atomic E-state index is 14.4. The van der Waals surface area contributed by atoms with Gasteiger partial charge in [-0.15, -0.1) is 5.10 Å². The Morgan fingerprint density at radius 1 is 1.09 bits per heavy atom. The van der Waals surface area contributed by atoms with Gasteiger partial charge in [0.1, 0.15) is 5.82 Å². The smallest absolute Gasteiger partial charge is 0.436 e. The molecule has 45 heavy (non-hydrogen) atoms. The fourth-order valence-corrected chi connectivity index (χ4v) is 4.77. The highest BCUT2D eigenvalue weighted by Crippen LogP contribution is 2.32. The Morgan fingerprint density at radius 3 is 2.51 bits per heavy atom. The first-order chi connectivity index (χ1) is 21.3. The molecule has 2 N–H and O–H groups in total. The van der Waals surface area contributed by atoms with Crippen LogP contribution >= 0.6 is 11.6 Å². The standard InChI is InChI=1S/C28H20ClF6N7O3/c29-18-3-6-23(41-14-25(38-39-41)28(33,34)35)20(10-18)24-5-2-16(13-42(24)44)22(7-8-45-27(31)32)40-12-17(11-37-40)15-1-4-19(26(36)43)21(30)9-15/h1-6,9-14,22,27H,7-8H2,(H2,36,43)/t22-/m1/s1. The van der Waals surface area contributed by atoms with Gasteiger partial charge in [0.2, 0.25) is 5.69 Å². The molecular weight excluding hydrogens is 632 g/mol. The fourth-order valence-electron chi connectivity index (χ4n) is 4.60. The van der Waals surface area contributed by atoms with Crippen molar-refractivity contribution in [1.29, 1.82) is 0 Å². The largest absolute Gasteiger partial charge is 0.618 e. The first-order valence-corrected chi connectivity index (χ1v) is 13.3. The molecular formula is C28H20ClF6N7O3. The second kappa shape index (κ2) is 12.6. The number of rotatable bonds is 10. The van der Waals surface area contributed by atoms with Crippen LogP contribution in [-0.4, -0.2) is 43.9 Å². The van der Waals surface area contributed by atoms with E-state index in [1.54, 1.807) is 0 Å². The maximum absolute atomic E-state index is 14.4. The molecule has 0 fully saturated rings. The molecule has 0 spiro atoms. The number of pyridine rings is 1. The molecule has 2 aromatic carbocycles. The summed E-state index contributed by atoms with van der Waals surface area (Å²) >= 11 is 6.15. The summed E-state index contributed by atoms with van der Waals surface area (Å²) in [6, 6.07) is 9.95. The van der Waals surface area contributed by atoms with Crippen LogP contribution in [0.1, 0.15) is 34.1 Å². The predicted molar refractivity (Wildman–Crippen MR) is 147 cm³/mol. The zero-order valence-corrected chi connectivity index (χ0v) is 23.4. The number of hydrogen-bond acceptors (Lipinski definition) is 6. The van der Waals surface area contributed by atoms with E-state index in [-0.39, 0.29) is 34.0 Å². The molecule has 0 unspecified atom stereocenters. The van der Waals surface area contributed by atoms with E-state index in [9.17, 15) is 36.3 Å². The predicted octanol–water partition coefficient (Wildman–Crippen LogP) is 5.56. The van der Waals surface area contributed by atoms with Gasteiger partial charge in [0, 0.05) is 28.4 Å². The van der Waals surface area contributed by atoms with E-state index in [0.717, 1.165) is 16.9 Å². The van der Waals surface area contributed by atoms with E-state index >= 15 is 0 Å². The van der Waals surface area contributed by atoms with Gasteiger partial charge >= 0.3 is 12.8 Å². The van der Waals surface area contributed by atoms with Gasteiger partial charge in [-0.2, -0.15) is 31.8 Å². The Morgan fingerprint density at radius 2 is 1.87 bits per heavy atom. The van der Waals surface area contributed by atoms with Crippen LogP contribution < -0.4 is 10.5 Å². The van der Waals surface area contributed by atoms with Crippen LogP contribution in [0.2, 0.25) is 5.02 Å². The minimum Gasteiger partial charge on any atom is -0.618 e. The zero-order valence-electron chi connectivity index (χ0n) is 22.6. The highest BCUT2D eigenvalue weighted by atomic mass is 35.5. The molecule has 3 heterocycles. The van der Waals surface area contributed by atoms with Crippen molar-refractivity contribution in [1.82, 2.24) is 24.8 Å². The van der Waals surface area contributed by atoms with Crippen molar-refractivity contribution in [3.8, 4) is 28.1 Å². The number of nitrogens with zero attached hydrogens (tertiary/aromatic N) is 6. The lowest BCUT2D eigenvalue weighted by Gasteiger charge is -2.18. The van der Waals surface area contributed by atoms with E-state index < -0.39 is 42.9 Å². The third-order valence-corrected chi connectivity index (χ3v) is 6.95. The van der Waals surface area contributed by atoms with Gasteiger partial charge < -0.3 is 15.7 Å². The molecule has 10 nitrogen and oxygen atoms in total. The number of amides is 1. The molecule has 0 radical (unpaired) electrons. The van der Waals surface area contributed by atoms with Gasteiger partial charge in [0.25, 0.3) is 5.91 Å². The third kappa shape index (κ3) is 6.91. The summed E-state index contributed by atoms with van der Waals surface area (Å²) in [6.45, 7) is -3.47. The highest BCUT2D eigenvalue weighted by molar-refractivity contribution is 6.31. The molecule has 0 aliphatic carbocycles. The van der Waals surface area contributed by atoms with E-state index in [1.165, 1.54) is 59.5 Å². The third-order valence-electron chi connectivity index (χ3n) is 6.71. The van der Waals surface area contributed by atoms with Crippen LogP contribution in [0.5, 0.6) is 0 Å². The number of nitrogens with two attached hydrogens (primary N) is 1. The fraction of sp³-hybridized carbons (Fsp3) is 0.179. The van der Waals surface area contributed by atoms with E-state index in [2.05, 4.69) is 20.1 Å². The lowest BCUT2D eigenvalue weighted by atomic mass is 10.0. The van der Waals surface area contributed by atoms with Crippen molar-refractivity contribution in [2.75, 3.05) is 6.61 Å². The molecule has 1 atom stereocenters. The Hall–Kier alpha value is -4.96. The number of primary amides is 1. The minimum atomic E-state index is -4.75. The molecule has 0 aliphatic heterocycles. The average molecular weight is 652 g/mol. The Bertz CT molecular complexity index is 1860. The molecule has 5 rings (SSSR count). The Balaban J connectivity index is 1.51. The van der Waals surface area contributed by atoms with Crippen LogP contribution in [0, 0.1) is 11.0 Å². The number of carbonyl (C=O) groups excluding carboxylic acids is 1. The van der Waals surface area contributed by atoms with Crippen molar-refractivity contribution >= 4 is 17.5 Å². The molecule has 0 aliphatic rings. The second-order valence-electron chi connectivity index (χ2n) is 9.58. The summed E-state index contributed by atoms with van der Waals surface area (Å²) in [7, 11) is 0. The Labute approximate surface area is 254 Å². The molecule has 5 aromatic rings. The summed E-state index contributed by atoms with van der Waals surface area (Å²) in [6.07, 6.45) is -0.128. The SMILES string of the molecule is NC(=O)c1ccc(-c2cnn([C@H](CCOC(F)F)c3ccc(-c4cc(Cl)ccc4-n4cc(C(F)(F)F)nn4)[n+]([O-])c3)c2)cc1F. The van der Waals surface area contributed by atoms with Crippen LogP contribution in [0.15, 0.2) is 73.3 Å². The maximum Gasteiger partial charge on any atom is 0.436 e. The topological polar surface area (TPSA) is 128 Å². The first-order valence-electron chi connectivity index (χ1n) is 12.9. The van der Waals surface area contributed by atoms with Gasteiger partial charge in [-0.3, -0.25) is 9.48 Å². The lowest BCUT2D eigenvalue weighted by Crippen LogP contribution is -2.31. The van der Waals surface area contributed by atoms with Crippen LogP contribution in [0.3, 0.4) is 0 Å². The van der Waals surface area contributed by atoms with Gasteiger partial charge in [-0.1, -0.05) is 22.9 Å². The van der Waals surface area contributed by atoms with Crippen molar-refractivity contribution in [3.63, 3.8) is 0 Å². The number of ether oxygens (including phenoxy) is 1. The summed E-state index contributed by atoms with van der Waals surface area (Å²) < 4.78 is 86.4. The Kier molecular flexibility index (Phi) is 8.79. The minimum absolute atomic E-state index is 0.0194. The summed E-state index contributed by atoms with van der Waals surface area (Å²) in [5, 5.41) is 24.5. The second-order valence-corrected chi connectivity index (χ2v) is 10.0. The molecule has 0 saturated carbocycles. The van der Waals surface area contributed by atoms with Crippen LogP contribution in [-0.2, 0) is 10.9 Å². The van der Waals surface area contributed by atoms with E-state index in [4.69, 9.17) is 17.3 Å². The summed E-state index contributed by atoms with van der Waals surface area (Å²) in [5.41, 5.74) is 4.85. The number of carbonyl (C=O) groups is 1. The van der Waals surface area contributed by atoms with Gasteiger partial charge in [-0.25, -0.2) is 9.07 Å². The van der Waals surface area contributed by atoms with E-state index in [1.807, 2.05) is 0 Å². The molecule has 3 aromatic heterocycles. The zero-order chi connectivity index (χ0) is 32.5. The highest BCUT2D eigenvalue weighted by Gasteiger charge is 2.35. The monoisotopic (exact) mass is 651 g/mol. The normalized spacial score (nSPS) is 12.5. The molecule has 17 heteroatoms. The summed E-state index contributed by atoms with van der Waals surface area (Å²) in [4.78, 5) is 11.4. The van der Waals surface area contributed by atoms with Crippen molar-refractivity contribution in [2.45, 2.75) is 25.3 Å². The number of benzene rings is 2. The van der Waals surface area contributed by atoms with Gasteiger partial charge in [-0.05, 0) is 48.4 Å². The number of hydrogen-bond donors (Lipinski definition) is 1. The van der Waals surface area contributed by atoms with Crippen molar-refractivity contribution < 1.29 is 40.6 Å².